The Hall–Kier alpha value is -4.39. The van der Waals surface area contributed by atoms with Gasteiger partial charge in [0.2, 0.25) is 0 Å². The number of ether oxygens (including phenoxy) is 1. The van der Waals surface area contributed by atoms with Gasteiger partial charge in [0, 0.05) is 5.39 Å². The lowest BCUT2D eigenvalue weighted by Gasteiger charge is -2.10. The molecule has 0 aliphatic rings. The maximum absolute atomic E-state index is 13.3. The molecule has 162 valence electrons. The molecule has 2 aromatic heterocycles. The van der Waals surface area contributed by atoms with E-state index < -0.39 is 0 Å². The standard InChI is InChI=1S/C26H20FN5O/c27-23-10-5-19(6-11-23)15-22(16-32-29-18-28-31-32)20-8-13-25(14-9-20)33-17-24-12-7-21-3-1-2-4-26(21)30-24/h1-15,18H,16-17H2. The number of rotatable bonds is 7. The third-order valence-electron chi connectivity index (χ3n) is 5.18. The molecule has 6 nitrogen and oxygen atoms in total. The van der Waals surface area contributed by atoms with Crippen molar-refractivity contribution in [2.75, 3.05) is 0 Å². The van der Waals surface area contributed by atoms with Gasteiger partial charge in [0.15, 0.2) is 6.33 Å². The van der Waals surface area contributed by atoms with Crippen LogP contribution in [0.3, 0.4) is 0 Å². The van der Waals surface area contributed by atoms with E-state index in [-0.39, 0.29) is 5.82 Å². The summed E-state index contributed by atoms with van der Waals surface area (Å²) < 4.78 is 19.2. The zero-order valence-electron chi connectivity index (χ0n) is 17.7. The van der Waals surface area contributed by atoms with Crippen molar-refractivity contribution in [3.8, 4) is 5.75 Å². The van der Waals surface area contributed by atoms with E-state index in [2.05, 4.69) is 26.5 Å². The van der Waals surface area contributed by atoms with Gasteiger partial charge in [-0.3, -0.25) is 0 Å². The van der Waals surface area contributed by atoms with Crippen molar-refractivity contribution in [1.29, 1.82) is 0 Å². The summed E-state index contributed by atoms with van der Waals surface area (Å²) in [5.41, 5.74) is 4.64. The second-order valence-electron chi connectivity index (χ2n) is 7.50. The van der Waals surface area contributed by atoms with E-state index >= 15 is 0 Å². The maximum atomic E-state index is 13.3. The fourth-order valence-corrected chi connectivity index (χ4v) is 3.50. The summed E-state index contributed by atoms with van der Waals surface area (Å²) in [6, 6.07) is 26.2. The number of tetrazole rings is 1. The van der Waals surface area contributed by atoms with E-state index in [4.69, 9.17) is 4.74 Å². The van der Waals surface area contributed by atoms with Crippen LogP contribution in [0.15, 0.2) is 91.3 Å². The lowest BCUT2D eigenvalue weighted by atomic mass is 10.0. The number of para-hydroxylation sites is 1. The summed E-state index contributed by atoms with van der Waals surface area (Å²) in [4.78, 5) is 6.15. The number of halogens is 1. The Morgan fingerprint density at radius 3 is 2.52 bits per heavy atom. The number of hydrogen-bond donors (Lipinski definition) is 0. The predicted molar refractivity (Wildman–Crippen MR) is 125 cm³/mol. The summed E-state index contributed by atoms with van der Waals surface area (Å²) in [6.45, 7) is 0.809. The molecule has 33 heavy (non-hydrogen) atoms. The van der Waals surface area contributed by atoms with Crippen LogP contribution < -0.4 is 4.74 Å². The number of aromatic nitrogens is 5. The molecule has 2 heterocycles. The first kappa shape index (κ1) is 20.5. The van der Waals surface area contributed by atoms with Gasteiger partial charge in [0.05, 0.1) is 17.8 Å². The minimum absolute atomic E-state index is 0.269. The van der Waals surface area contributed by atoms with Gasteiger partial charge in [0.1, 0.15) is 18.2 Å². The summed E-state index contributed by atoms with van der Waals surface area (Å²) in [6.07, 6.45) is 3.38. The van der Waals surface area contributed by atoms with E-state index in [9.17, 15) is 4.39 Å². The van der Waals surface area contributed by atoms with Gasteiger partial charge in [-0.05, 0) is 64.4 Å². The Kier molecular flexibility index (Phi) is 5.84. The van der Waals surface area contributed by atoms with Crippen LogP contribution in [-0.4, -0.2) is 25.2 Å². The fraction of sp³-hybridized carbons (Fsp3) is 0.0769. The van der Waals surface area contributed by atoms with Crippen LogP contribution in [-0.2, 0) is 13.2 Å². The quantitative estimate of drug-likeness (QED) is 0.328. The molecular formula is C26H20FN5O. The topological polar surface area (TPSA) is 65.7 Å². The first-order valence-corrected chi connectivity index (χ1v) is 10.5. The molecule has 0 saturated heterocycles. The van der Waals surface area contributed by atoms with Gasteiger partial charge in [0.25, 0.3) is 0 Å². The van der Waals surface area contributed by atoms with Crippen molar-refractivity contribution in [2.24, 2.45) is 0 Å². The third-order valence-corrected chi connectivity index (χ3v) is 5.18. The monoisotopic (exact) mass is 437 g/mol. The van der Waals surface area contributed by atoms with Crippen LogP contribution >= 0.6 is 0 Å². The van der Waals surface area contributed by atoms with Gasteiger partial charge in [-0.2, -0.15) is 4.80 Å². The summed E-state index contributed by atoms with van der Waals surface area (Å²) in [5, 5.41) is 12.9. The highest BCUT2D eigenvalue weighted by Gasteiger charge is 2.07. The minimum atomic E-state index is -0.269. The Bertz CT molecular complexity index is 1380. The summed E-state index contributed by atoms with van der Waals surface area (Å²) in [7, 11) is 0. The molecule has 0 unspecified atom stereocenters. The second-order valence-corrected chi connectivity index (χ2v) is 7.50. The van der Waals surface area contributed by atoms with E-state index in [0.717, 1.165) is 39.0 Å². The van der Waals surface area contributed by atoms with Crippen molar-refractivity contribution in [3.05, 3.63) is 114 Å². The van der Waals surface area contributed by atoms with Gasteiger partial charge in [-0.15, -0.1) is 10.2 Å². The molecule has 5 rings (SSSR count). The van der Waals surface area contributed by atoms with E-state index in [0.29, 0.717) is 13.2 Å². The molecule has 0 saturated carbocycles. The van der Waals surface area contributed by atoms with Crippen LogP contribution in [0.4, 0.5) is 4.39 Å². The average Bonchev–Trinajstić information content (AvgIpc) is 3.37. The minimum Gasteiger partial charge on any atom is -0.487 e. The lowest BCUT2D eigenvalue weighted by Crippen LogP contribution is -2.05. The van der Waals surface area contributed by atoms with Crippen molar-refractivity contribution in [2.45, 2.75) is 13.2 Å². The summed E-state index contributed by atoms with van der Waals surface area (Å²) in [5.74, 6) is 0.475. The lowest BCUT2D eigenvalue weighted by molar-refractivity contribution is 0.302. The van der Waals surface area contributed by atoms with Crippen molar-refractivity contribution in [3.63, 3.8) is 0 Å². The van der Waals surface area contributed by atoms with Gasteiger partial charge in [-0.25, -0.2) is 9.37 Å². The Balaban J connectivity index is 1.34. The molecule has 0 aliphatic heterocycles. The first-order valence-electron chi connectivity index (χ1n) is 10.5. The fourth-order valence-electron chi connectivity index (χ4n) is 3.50. The third kappa shape index (κ3) is 5.10. The Morgan fingerprint density at radius 2 is 1.73 bits per heavy atom. The molecule has 5 aromatic rings. The van der Waals surface area contributed by atoms with Crippen molar-refractivity contribution < 1.29 is 9.13 Å². The molecule has 0 bridgehead atoms. The number of benzene rings is 3. The normalized spacial score (nSPS) is 11.6. The SMILES string of the molecule is Fc1ccc(C=C(Cn2ncnn2)c2ccc(OCc3ccc4ccccc4n3)cc2)cc1. The van der Waals surface area contributed by atoms with Crippen LogP contribution in [0.1, 0.15) is 16.8 Å². The molecule has 7 heteroatoms. The molecule has 0 fully saturated rings. The molecule has 3 aromatic carbocycles. The molecule has 0 aliphatic carbocycles. The molecule has 0 radical (unpaired) electrons. The zero-order valence-corrected chi connectivity index (χ0v) is 17.7. The van der Waals surface area contributed by atoms with E-state index in [1.807, 2.05) is 60.7 Å². The predicted octanol–water partition coefficient (Wildman–Crippen LogP) is 5.18. The molecule has 0 N–H and O–H groups in total. The van der Waals surface area contributed by atoms with E-state index in [1.54, 1.807) is 12.1 Å². The highest BCUT2D eigenvalue weighted by Crippen LogP contribution is 2.23. The maximum Gasteiger partial charge on any atom is 0.162 e. The number of fused-ring (bicyclic) bond motifs is 1. The highest BCUT2D eigenvalue weighted by molar-refractivity contribution is 5.81. The van der Waals surface area contributed by atoms with Crippen LogP contribution in [0, 0.1) is 5.82 Å². The smallest absolute Gasteiger partial charge is 0.162 e. The molecule has 0 amide bonds. The zero-order chi connectivity index (χ0) is 22.5. The Labute approximate surface area is 190 Å². The molecule has 0 spiro atoms. The van der Waals surface area contributed by atoms with Crippen molar-refractivity contribution in [1.82, 2.24) is 25.2 Å². The second kappa shape index (κ2) is 9.40. The van der Waals surface area contributed by atoms with Crippen LogP contribution in [0.25, 0.3) is 22.6 Å². The number of allylic oxidation sites excluding steroid dienone is 1. The largest absolute Gasteiger partial charge is 0.487 e. The molecular weight excluding hydrogens is 417 g/mol. The van der Waals surface area contributed by atoms with Crippen molar-refractivity contribution >= 4 is 22.6 Å². The number of hydrogen-bond acceptors (Lipinski definition) is 5. The van der Waals surface area contributed by atoms with Gasteiger partial charge >= 0.3 is 0 Å². The summed E-state index contributed by atoms with van der Waals surface area (Å²) >= 11 is 0. The Morgan fingerprint density at radius 1 is 0.909 bits per heavy atom. The molecule has 0 atom stereocenters. The van der Waals surface area contributed by atoms with Gasteiger partial charge in [-0.1, -0.05) is 48.5 Å². The number of nitrogens with zero attached hydrogens (tertiary/aromatic N) is 5. The average molecular weight is 437 g/mol. The van der Waals surface area contributed by atoms with Crippen LogP contribution in [0.5, 0.6) is 5.75 Å². The van der Waals surface area contributed by atoms with Crippen LogP contribution in [0.2, 0.25) is 0 Å². The number of pyridine rings is 1. The van der Waals surface area contributed by atoms with E-state index in [1.165, 1.54) is 23.3 Å². The first-order chi connectivity index (χ1) is 16.2. The van der Waals surface area contributed by atoms with Gasteiger partial charge < -0.3 is 4.74 Å². The highest BCUT2D eigenvalue weighted by atomic mass is 19.1.